The Labute approximate surface area is 103 Å². The molecule has 0 spiro atoms. The van der Waals surface area contributed by atoms with Crippen molar-refractivity contribution >= 4 is 17.9 Å². The van der Waals surface area contributed by atoms with Crippen LogP contribution in [0, 0.1) is 0 Å². The Morgan fingerprint density at radius 1 is 0.529 bits per heavy atom. The molecule has 1 aliphatic rings. The van der Waals surface area contributed by atoms with Crippen LogP contribution in [0.5, 0.6) is 0 Å². The molecule has 82 valence electrons. The van der Waals surface area contributed by atoms with Crippen molar-refractivity contribution in [1.29, 1.82) is 0 Å². The van der Waals surface area contributed by atoms with E-state index in [2.05, 4.69) is 84.4 Å². The van der Waals surface area contributed by atoms with E-state index < -0.39 is 7.26 Å². The molecule has 3 rings (SSSR count). The second-order valence-electron chi connectivity index (χ2n) is 4.13. The normalized spacial score (nSPS) is 16.2. The summed E-state index contributed by atoms with van der Waals surface area (Å²) in [5, 5.41) is 2.85. The Kier molecular flexibility index (Phi) is 2.66. The molecule has 0 aromatic heterocycles. The molecule has 0 unspecified atom stereocenters. The van der Waals surface area contributed by atoms with Crippen molar-refractivity contribution in [2.24, 2.45) is 0 Å². The molecule has 0 nitrogen and oxygen atoms in total. The maximum atomic E-state index is 2.37. The molecular weight excluding hydrogens is 223 g/mol. The third-order valence-corrected chi connectivity index (χ3v) is 6.71. The maximum Gasteiger partial charge on any atom is 0.129 e. The van der Waals surface area contributed by atoms with E-state index in [0.717, 1.165) is 0 Å². The minimum atomic E-state index is -1.41. The van der Waals surface area contributed by atoms with Crippen LogP contribution in [0.2, 0.25) is 0 Å². The minimum absolute atomic E-state index is 1.41. The third-order valence-electron chi connectivity index (χ3n) is 3.12. The first-order valence-electron chi connectivity index (χ1n) is 5.78. The summed E-state index contributed by atoms with van der Waals surface area (Å²) in [6, 6.07) is 21.6. The molecule has 0 aliphatic carbocycles. The maximum absolute atomic E-state index is 2.37. The third kappa shape index (κ3) is 1.75. The molecular formula is C16H14P+. The molecule has 0 saturated carbocycles. The van der Waals surface area contributed by atoms with Crippen molar-refractivity contribution in [3.05, 3.63) is 84.4 Å². The quantitative estimate of drug-likeness (QED) is 0.699. The SMILES string of the molecule is C1=C[P+](c2ccccc2)(c2ccccc2)C=C1. The average Bonchev–Trinajstić information content (AvgIpc) is 2.91. The van der Waals surface area contributed by atoms with E-state index in [1.54, 1.807) is 0 Å². The van der Waals surface area contributed by atoms with Gasteiger partial charge in [0.05, 0.1) is 11.6 Å². The lowest BCUT2D eigenvalue weighted by molar-refractivity contribution is 1.75. The van der Waals surface area contributed by atoms with Gasteiger partial charge in [0.1, 0.15) is 17.9 Å². The predicted octanol–water partition coefficient (Wildman–Crippen LogP) is 3.70. The number of rotatable bonds is 2. The van der Waals surface area contributed by atoms with Gasteiger partial charge in [0, 0.05) is 0 Å². The molecule has 0 saturated heterocycles. The number of hydrogen-bond acceptors (Lipinski definition) is 0. The van der Waals surface area contributed by atoms with Gasteiger partial charge in [-0.3, -0.25) is 0 Å². The van der Waals surface area contributed by atoms with Crippen LogP contribution < -0.4 is 10.6 Å². The fourth-order valence-corrected chi connectivity index (χ4v) is 5.42. The molecule has 0 amide bonds. The van der Waals surface area contributed by atoms with E-state index in [1.807, 2.05) is 0 Å². The number of hydrogen-bond donors (Lipinski definition) is 0. The van der Waals surface area contributed by atoms with Crippen LogP contribution in [-0.4, -0.2) is 0 Å². The van der Waals surface area contributed by atoms with Gasteiger partial charge < -0.3 is 0 Å². The molecule has 0 radical (unpaired) electrons. The highest BCUT2D eigenvalue weighted by Gasteiger charge is 2.39. The molecule has 1 heteroatoms. The van der Waals surface area contributed by atoms with Crippen molar-refractivity contribution in [2.45, 2.75) is 0 Å². The number of allylic oxidation sites excluding steroid dienone is 2. The van der Waals surface area contributed by atoms with Crippen LogP contribution in [0.3, 0.4) is 0 Å². The summed E-state index contributed by atoms with van der Waals surface area (Å²) in [5.74, 6) is 4.75. The van der Waals surface area contributed by atoms with Gasteiger partial charge in [-0.2, -0.15) is 0 Å². The minimum Gasteiger partial charge on any atom is -0.0620 e. The first kappa shape index (κ1) is 10.5. The van der Waals surface area contributed by atoms with Gasteiger partial charge in [-0.15, -0.1) is 0 Å². The standard InChI is InChI=1S/C16H14P/c1-3-9-15(10-4-1)17(13-7-8-14-17)16-11-5-2-6-12-16/h1-14H/q+1. The summed E-state index contributed by atoms with van der Waals surface area (Å²) in [5.41, 5.74) is 0. The Hall–Kier alpha value is -1.65. The van der Waals surface area contributed by atoms with Crippen LogP contribution in [0.1, 0.15) is 0 Å². The Morgan fingerprint density at radius 2 is 0.941 bits per heavy atom. The molecule has 0 bridgehead atoms. The highest BCUT2D eigenvalue weighted by molar-refractivity contribution is 7.94. The summed E-state index contributed by atoms with van der Waals surface area (Å²) < 4.78 is 0. The molecule has 17 heavy (non-hydrogen) atoms. The first-order valence-corrected chi connectivity index (χ1v) is 7.71. The molecule has 2 aromatic carbocycles. The smallest absolute Gasteiger partial charge is 0.0620 e. The summed E-state index contributed by atoms with van der Waals surface area (Å²) in [6.07, 6.45) is 4.35. The fourth-order valence-electron chi connectivity index (χ4n) is 2.26. The fraction of sp³-hybridized carbons (Fsp3) is 0. The summed E-state index contributed by atoms with van der Waals surface area (Å²) >= 11 is 0. The highest BCUT2D eigenvalue weighted by Crippen LogP contribution is 2.61. The van der Waals surface area contributed by atoms with Gasteiger partial charge in [-0.1, -0.05) is 36.4 Å². The lowest BCUT2D eigenvalue weighted by Gasteiger charge is -2.17. The first-order chi connectivity index (χ1) is 8.42. The second-order valence-corrected chi connectivity index (χ2v) is 7.32. The predicted molar refractivity (Wildman–Crippen MR) is 77.4 cm³/mol. The van der Waals surface area contributed by atoms with Gasteiger partial charge in [0.15, 0.2) is 0 Å². The highest BCUT2D eigenvalue weighted by atomic mass is 31.2. The average molecular weight is 237 g/mol. The van der Waals surface area contributed by atoms with E-state index in [9.17, 15) is 0 Å². The van der Waals surface area contributed by atoms with E-state index in [0.29, 0.717) is 0 Å². The molecule has 0 atom stereocenters. The largest absolute Gasteiger partial charge is 0.129 e. The van der Waals surface area contributed by atoms with Crippen LogP contribution in [-0.2, 0) is 0 Å². The van der Waals surface area contributed by atoms with Gasteiger partial charge in [0.25, 0.3) is 0 Å². The summed E-state index contributed by atoms with van der Waals surface area (Å²) in [7, 11) is -1.41. The molecule has 1 aliphatic heterocycles. The van der Waals surface area contributed by atoms with Crippen LogP contribution in [0.15, 0.2) is 84.4 Å². The van der Waals surface area contributed by atoms with Crippen molar-refractivity contribution < 1.29 is 0 Å². The van der Waals surface area contributed by atoms with Crippen LogP contribution in [0.25, 0.3) is 0 Å². The van der Waals surface area contributed by atoms with E-state index in [1.165, 1.54) is 10.6 Å². The lowest BCUT2D eigenvalue weighted by Crippen LogP contribution is -2.17. The van der Waals surface area contributed by atoms with E-state index >= 15 is 0 Å². The van der Waals surface area contributed by atoms with Gasteiger partial charge in [-0.25, -0.2) is 0 Å². The van der Waals surface area contributed by atoms with Gasteiger partial charge in [0.2, 0.25) is 0 Å². The Bertz CT molecular complexity index is 499. The van der Waals surface area contributed by atoms with Gasteiger partial charge >= 0.3 is 0 Å². The Morgan fingerprint density at radius 3 is 1.35 bits per heavy atom. The van der Waals surface area contributed by atoms with Crippen LogP contribution in [0.4, 0.5) is 0 Å². The van der Waals surface area contributed by atoms with Crippen molar-refractivity contribution in [3.8, 4) is 0 Å². The molecule has 1 heterocycles. The zero-order valence-electron chi connectivity index (χ0n) is 9.53. The molecule has 0 fully saturated rings. The Balaban J connectivity index is 2.19. The monoisotopic (exact) mass is 237 g/mol. The molecule has 0 N–H and O–H groups in total. The molecule has 2 aromatic rings. The summed E-state index contributed by atoms with van der Waals surface area (Å²) in [6.45, 7) is 0. The topological polar surface area (TPSA) is 0 Å². The van der Waals surface area contributed by atoms with Crippen LogP contribution >= 0.6 is 7.26 Å². The summed E-state index contributed by atoms with van der Waals surface area (Å²) in [4.78, 5) is 0. The van der Waals surface area contributed by atoms with Crippen molar-refractivity contribution in [2.75, 3.05) is 0 Å². The van der Waals surface area contributed by atoms with E-state index in [-0.39, 0.29) is 0 Å². The lowest BCUT2D eigenvalue weighted by atomic mass is 10.4. The van der Waals surface area contributed by atoms with E-state index in [4.69, 9.17) is 0 Å². The second kappa shape index (κ2) is 4.31. The van der Waals surface area contributed by atoms with Gasteiger partial charge in [-0.05, 0) is 36.4 Å². The zero-order chi connectivity index (χ0) is 11.6. The number of benzene rings is 2. The zero-order valence-corrected chi connectivity index (χ0v) is 10.4. The van der Waals surface area contributed by atoms with Crippen molar-refractivity contribution in [1.82, 2.24) is 0 Å². The van der Waals surface area contributed by atoms with Crippen molar-refractivity contribution in [3.63, 3.8) is 0 Å².